The van der Waals surface area contributed by atoms with Gasteiger partial charge in [-0.3, -0.25) is 0 Å². The van der Waals surface area contributed by atoms with Crippen LogP contribution in [-0.4, -0.2) is 16.2 Å². The Morgan fingerprint density at radius 2 is 2.08 bits per heavy atom. The summed E-state index contributed by atoms with van der Waals surface area (Å²) in [7, 11) is 0. The van der Waals surface area contributed by atoms with E-state index < -0.39 is 5.97 Å². The molecule has 0 saturated heterocycles. The molecule has 64 valence electrons. The molecule has 4 N–H and O–H groups in total. The zero-order valence-corrected chi connectivity index (χ0v) is 6.53. The van der Waals surface area contributed by atoms with Crippen molar-refractivity contribution in [3.63, 3.8) is 0 Å². The van der Waals surface area contributed by atoms with Crippen LogP contribution in [0.1, 0.15) is 15.9 Å². The van der Waals surface area contributed by atoms with Crippen LogP contribution in [0.4, 0.5) is 5.69 Å². The SMILES string of the molecule is Cc1ccc(N)c(O)c1C(=O)O. The van der Waals surface area contributed by atoms with Gasteiger partial charge in [0.25, 0.3) is 0 Å². The summed E-state index contributed by atoms with van der Waals surface area (Å²) in [4.78, 5) is 10.6. The zero-order valence-electron chi connectivity index (χ0n) is 6.53. The maximum absolute atomic E-state index is 10.6. The highest BCUT2D eigenvalue weighted by Gasteiger charge is 2.14. The van der Waals surface area contributed by atoms with Gasteiger partial charge in [-0.15, -0.1) is 0 Å². The summed E-state index contributed by atoms with van der Waals surface area (Å²) in [5.74, 6) is -1.53. The second-order valence-electron chi connectivity index (χ2n) is 2.50. The summed E-state index contributed by atoms with van der Waals surface area (Å²) in [6.07, 6.45) is 0. The number of nitrogens with two attached hydrogens (primary N) is 1. The molecule has 4 nitrogen and oxygen atoms in total. The first kappa shape index (κ1) is 8.39. The first-order valence-electron chi connectivity index (χ1n) is 3.35. The molecule has 0 fully saturated rings. The molecule has 0 aliphatic carbocycles. The van der Waals surface area contributed by atoms with Crippen molar-refractivity contribution in [3.8, 4) is 5.75 Å². The summed E-state index contributed by atoms with van der Waals surface area (Å²) in [5, 5.41) is 17.9. The fourth-order valence-corrected chi connectivity index (χ4v) is 0.978. The number of rotatable bonds is 1. The Morgan fingerprint density at radius 1 is 1.50 bits per heavy atom. The average Bonchev–Trinajstić information content (AvgIpc) is 1.97. The van der Waals surface area contributed by atoms with Crippen LogP contribution in [0.3, 0.4) is 0 Å². The quantitative estimate of drug-likeness (QED) is 0.430. The standard InChI is InChI=1S/C8H9NO3/c1-4-2-3-5(9)7(10)6(4)8(11)12/h2-3,10H,9H2,1H3,(H,11,12). The van der Waals surface area contributed by atoms with Gasteiger partial charge < -0.3 is 15.9 Å². The molecule has 0 aliphatic heterocycles. The lowest BCUT2D eigenvalue weighted by Gasteiger charge is -2.05. The van der Waals surface area contributed by atoms with Crippen molar-refractivity contribution >= 4 is 11.7 Å². The number of benzene rings is 1. The lowest BCUT2D eigenvalue weighted by molar-refractivity contribution is 0.0693. The van der Waals surface area contributed by atoms with E-state index in [0.717, 1.165) is 0 Å². The lowest BCUT2D eigenvalue weighted by Crippen LogP contribution is -2.02. The monoisotopic (exact) mass is 167 g/mol. The van der Waals surface area contributed by atoms with Gasteiger partial charge in [0.2, 0.25) is 0 Å². The maximum atomic E-state index is 10.6. The van der Waals surface area contributed by atoms with Crippen molar-refractivity contribution in [2.45, 2.75) is 6.92 Å². The van der Waals surface area contributed by atoms with E-state index in [2.05, 4.69) is 0 Å². The maximum Gasteiger partial charge on any atom is 0.339 e. The number of phenols is 1. The van der Waals surface area contributed by atoms with E-state index in [4.69, 9.17) is 10.8 Å². The van der Waals surface area contributed by atoms with Crippen molar-refractivity contribution in [2.75, 3.05) is 5.73 Å². The zero-order chi connectivity index (χ0) is 9.30. The van der Waals surface area contributed by atoms with Crippen molar-refractivity contribution < 1.29 is 15.0 Å². The molecule has 0 unspecified atom stereocenters. The highest BCUT2D eigenvalue weighted by molar-refractivity contribution is 5.94. The third kappa shape index (κ3) is 1.18. The Morgan fingerprint density at radius 3 is 2.50 bits per heavy atom. The van der Waals surface area contributed by atoms with Crippen molar-refractivity contribution in [2.24, 2.45) is 0 Å². The van der Waals surface area contributed by atoms with E-state index in [9.17, 15) is 9.90 Å². The van der Waals surface area contributed by atoms with Crippen LogP contribution in [0.5, 0.6) is 5.75 Å². The molecule has 1 rings (SSSR count). The molecular formula is C8H9NO3. The third-order valence-electron chi connectivity index (χ3n) is 1.63. The molecule has 0 saturated carbocycles. The number of carboxylic acid groups (broad SMARTS) is 1. The molecule has 0 spiro atoms. The molecule has 12 heavy (non-hydrogen) atoms. The van der Waals surface area contributed by atoms with E-state index >= 15 is 0 Å². The number of hydrogen-bond donors (Lipinski definition) is 3. The minimum Gasteiger partial charge on any atom is -0.505 e. The summed E-state index contributed by atoms with van der Waals surface area (Å²) < 4.78 is 0. The second-order valence-corrected chi connectivity index (χ2v) is 2.50. The van der Waals surface area contributed by atoms with Crippen molar-refractivity contribution in [3.05, 3.63) is 23.3 Å². The molecule has 0 radical (unpaired) electrons. The lowest BCUT2D eigenvalue weighted by atomic mass is 10.1. The summed E-state index contributed by atoms with van der Waals surface area (Å²) in [5.41, 5.74) is 5.76. The molecule has 4 heteroatoms. The Labute approximate surface area is 69.3 Å². The van der Waals surface area contributed by atoms with Crippen LogP contribution >= 0.6 is 0 Å². The van der Waals surface area contributed by atoms with E-state index in [0.29, 0.717) is 5.56 Å². The van der Waals surface area contributed by atoms with E-state index in [1.54, 1.807) is 13.0 Å². The topological polar surface area (TPSA) is 83.5 Å². The number of aryl methyl sites for hydroxylation is 1. The third-order valence-corrected chi connectivity index (χ3v) is 1.63. The molecule has 0 heterocycles. The fourth-order valence-electron chi connectivity index (χ4n) is 0.978. The number of aromatic carboxylic acids is 1. The van der Waals surface area contributed by atoms with Crippen LogP contribution in [0.25, 0.3) is 0 Å². The average molecular weight is 167 g/mol. The Balaban J connectivity index is 3.43. The largest absolute Gasteiger partial charge is 0.505 e. The van der Waals surface area contributed by atoms with Crippen LogP contribution in [-0.2, 0) is 0 Å². The van der Waals surface area contributed by atoms with Crippen molar-refractivity contribution in [1.82, 2.24) is 0 Å². The first-order valence-corrected chi connectivity index (χ1v) is 3.35. The highest BCUT2D eigenvalue weighted by atomic mass is 16.4. The fraction of sp³-hybridized carbons (Fsp3) is 0.125. The molecule has 1 aromatic carbocycles. The Kier molecular flexibility index (Phi) is 1.91. The number of carboxylic acids is 1. The minimum absolute atomic E-state index is 0.0815. The minimum atomic E-state index is -1.17. The molecule has 0 aromatic heterocycles. The number of aromatic hydroxyl groups is 1. The van der Waals surface area contributed by atoms with Crippen LogP contribution in [0.15, 0.2) is 12.1 Å². The number of hydrogen-bond acceptors (Lipinski definition) is 3. The van der Waals surface area contributed by atoms with Gasteiger partial charge >= 0.3 is 5.97 Å². The highest BCUT2D eigenvalue weighted by Crippen LogP contribution is 2.27. The molecule has 0 amide bonds. The summed E-state index contributed by atoms with van der Waals surface area (Å²) in [6, 6.07) is 3.02. The normalized spacial score (nSPS) is 9.75. The number of nitrogen functional groups attached to an aromatic ring is 1. The molecule has 1 aromatic rings. The predicted molar refractivity (Wildman–Crippen MR) is 44.2 cm³/mol. The summed E-state index contributed by atoms with van der Waals surface area (Å²) >= 11 is 0. The van der Waals surface area contributed by atoms with Crippen LogP contribution in [0.2, 0.25) is 0 Å². The first-order chi connectivity index (χ1) is 5.54. The Bertz CT molecular complexity index is 333. The second kappa shape index (κ2) is 2.73. The van der Waals surface area contributed by atoms with Gasteiger partial charge in [0.15, 0.2) is 5.75 Å². The summed E-state index contributed by atoms with van der Waals surface area (Å²) in [6.45, 7) is 1.60. The Hall–Kier alpha value is -1.71. The van der Waals surface area contributed by atoms with E-state index in [-0.39, 0.29) is 17.0 Å². The number of carbonyl (C=O) groups is 1. The van der Waals surface area contributed by atoms with Gasteiger partial charge in [-0.25, -0.2) is 4.79 Å². The molecule has 0 atom stereocenters. The number of anilines is 1. The van der Waals surface area contributed by atoms with E-state index in [1.807, 2.05) is 0 Å². The van der Waals surface area contributed by atoms with Crippen LogP contribution in [0, 0.1) is 6.92 Å². The molecular weight excluding hydrogens is 158 g/mol. The van der Waals surface area contributed by atoms with Gasteiger partial charge in [0, 0.05) is 0 Å². The van der Waals surface area contributed by atoms with Gasteiger partial charge in [-0.1, -0.05) is 6.07 Å². The van der Waals surface area contributed by atoms with Gasteiger partial charge in [0.1, 0.15) is 5.56 Å². The molecule has 0 bridgehead atoms. The van der Waals surface area contributed by atoms with E-state index in [1.165, 1.54) is 6.07 Å². The van der Waals surface area contributed by atoms with Gasteiger partial charge in [-0.05, 0) is 18.6 Å². The smallest absolute Gasteiger partial charge is 0.339 e. The van der Waals surface area contributed by atoms with Gasteiger partial charge in [0.05, 0.1) is 5.69 Å². The predicted octanol–water partition coefficient (Wildman–Crippen LogP) is 0.981. The van der Waals surface area contributed by atoms with Crippen LogP contribution < -0.4 is 5.73 Å². The van der Waals surface area contributed by atoms with Gasteiger partial charge in [-0.2, -0.15) is 0 Å². The van der Waals surface area contributed by atoms with Crippen molar-refractivity contribution in [1.29, 1.82) is 0 Å². The molecule has 0 aliphatic rings.